The van der Waals surface area contributed by atoms with Gasteiger partial charge < -0.3 is 9.30 Å². The first-order valence-electron chi connectivity index (χ1n) is 12.1. The molecule has 1 N–H and O–H groups in total. The number of ether oxygens (including phenoxy) is 1. The van der Waals surface area contributed by atoms with E-state index in [9.17, 15) is 13.2 Å². The summed E-state index contributed by atoms with van der Waals surface area (Å²) < 4.78 is 35.6. The molecule has 1 amide bonds. The van der Waals surface area contributed by atoms with Crippen molar-refractivity contribution < 1.29 is 17.9 Å². The number of benzene rings is 2. The molecule has 9 heteroatoms. The van der Waals surface area contributed by atoms with Crippen molar-refractivity contribution in [2.24, 2.45) is 5.92 Å². The number of imidazole rings is 1. The number of nitrogens with one attached hydrogen (secondary N) is 1. The number of nitrogens with zero attached hydrogens (tertiary/aromatic N) is 2. The van der Waals surface area contributed by atoms with Gasteiger partial charge in [-0.2, -0.15) is 0 Å². The Labute approximate surface area is 216 Å². The second kappa shape index (κ2) is 11.3. The second-order valence-corrected chi connectivity index (χ2v) is 12.2. The minimum Gasteiger partial charge on any atom is -0.449 e. The van der Waals surface area contributed by atoms with Crippen molar-refractivity contribution in [3.63, 3.8) is 0 Å². The number of rotatable bonds is 10. The van der Waals surface area contributed by atoms with Crippen LogP contribution in [0.1, 0.15) is 44.1 Å². The summed E-state index contributed by atoms with van der Waals surface area (Å²) in [6.45, 7) is 6.98. The van der Waals surface area contributed by atoms with Crippen LogP contribution < -0.4 is 4.72 Å². The van der Waals surface area contributed by atoms with E-state index in [0.29, 0.717) is 24.4 Å². The van der Waals surface area contributed by atoms with E-state index in [1.807, 2.05) is 67.8 Å². The monoisotopic (exact) mass is 525 g/mol. The molecule has 0 unspecified atom stereocenters. The van der Waals surface area contributed by atoms with Gasteiger partial charge in [-0.05, 0) is 48.1 Å². The topological polar surface area (TPSA) is 90.3 Å². The fourth-order valence-corrected chi connectivity index (χ4v) is 6.79. The lowest BCUT2D eigenvalue weighted by molar-refractivity contribution is 0.151. The Bertz CT molecular complexity index is 1440. The predicted octanol–water partition coefficient (Wildman–Crippen LogP) is 6.23. The molecule has 0 radical (unpaired) electrons. The van der Waals surface area contributed by atoms with Gasteiger partial charge in [0.15, 0.2) is 0 Å². The van der Waals surface area contributed by atoms with Gasteiger partial charge in [0.1, 0.15) is 4.21 Å². The van der Waals surface area contributed by atoms with Crippen molar-refractivity contribution in [2.45, 2.75) is 50.8 Å². The fraction of sp³-hybridized carbons (Fsp3) is 0.333. The largest absolute Gasteiger partial charge is 0.449 e. The Morgan fingerprint density at radius 3 is 2.61 bits per heavy atom. The number of hydrogen-bond donors (Lipinski definition) is 1. The number of fused-ring (bicyclic) bond motifs is 1. The average Bonchev–Trinajstić information content (AvgIpc) is 3.44. The van der Waals surface area contributed by atoms with Crippen LogP contribution in [0.3, 0.4) is 0 Å². The third-order valence-electron chi connectivity index (χ3n) is 5.70. The number of unbranched alkanes of at least 4 members (excludes halogenated alkanes) is 1. The van der Waals surface area contributed by atoms with E-state index in [1.165, 1.54) is 11.3 Å². The van der Waals surface area contributed by atoms with Crippen LogP contribution in [0.4, 0.5) is 4.79 Å². The zero-order valence-electron chi connectivity index (χ0n) is 20.7. The van der Waals surface area contributed by atoms with Crippen molar-refractivity contribution in [3.8, 4) is 11.1 Å². The lowest BCUT2D eigenvalue weighted by Gasteiger charge is -2.09. The molecule has 4 rings (SSSR count). The van der Waals surface area contributed by atoms with Gasteiger partial charge in [-0.1, -0.05) is 63.6 Å². The van der Waals surface area contributed by atoms with Crippen LogP contribution in [0.2, 0.25) is 0 Å². The standard InChI is InChI=1S/C27H31N3O4S2/c1-4-5-14-34-27(31)29-36(32,33)26-23(16-22(35-26)15-19(2)3)21-12-10-20(11-13-21)17-30-18-28-24-8-6-7-9-25(24)30/h6-13,16,18-19H,4-5,14-15,17H2,1-3H3,(H,29,31). The molecule has 2 aromatic carbocycles. The molecule has 4 aromatic rings. The van der Waals surface area contributed by atoms with E-state index >= 15 is 0 Å². The van der Waals surface area contributed by atoms with Gasteiger partial charge in [-0.25, -0.2) is 22.9 Å². The first-order chi connectivity index (χ1) is 17.3. The van der Waals surface area contributed by atoms with Gasteiger partial charge >= 0.3 is 6.09 Å². The maximum Gasteiger partial charge on any atom is 0.421 e. The number of para-hydroxylation sites is 2. The molecule has 36 heavy (non-hydrogen) atoms. The lowest BCUT2D eigenvalue weighted by Crippen LogP contribution is -2.31. The molecule has 2 aromatic heterocycles. The molecule has 2 heterocycles. The summed E-state index contributed by atoms with van der Waals surface area (Å²) in [5.74, 6) is 0.367. The van der Waals surface area contributed by atoms with Gasteiger partial charge in [0.25, 0.3) is 10.0 Å². The first kappa shape index (κ1) is 25.9. The third kappa shape index (κ3) is 6.14. The Balaban J connectivity index is 1.60. The van der Waals surface area contributed by atoms with Crippen molar-refractivity contribution in [3.05, 3.63) is 71.4 Å². The Kier molecular flexibility index (Phi) is 8.11. The van der Waals surface area contributed by atoms with Crippen molar-refractivity contribution in [2.75, 3.05) is 6.61 Å². The minimum absolute atomic E-state index is 0.124. The maximum absolute atomic E-state index is 13.2. The number of carbonyl (C=O) groups excluding carboxylic acids is 1. The summed E-state index contributed by atoms with van der Waals surface area (Å²) in [7, 11) is -4.08. The molecular weight excluding hydrogens is 494 g/mol. The van der Waals surface area contributed by atoms with Crippen LogP contribution in [-0.4, -0.2) is 30.7 Å². The third-order valence-corrected chi connectivity index (χ3v) is 8.70. The van der Waals surface area contributed by atoms with Crippen molar-refractivity contribution in [1.29, 1.82) is 0 Å². The van der Waals surface area contributed by atoms with Gasteiger partial charge in [0.05, 0.1) is 24.0 Å². The smallest absolute Gasteiger partial charge is 0.421 e. The average molecular weight is 526 g/mol. The van der Waals surface area contributed by atoms with Crippen molar-refractivity contribution >= 4 is 38.5 Å². The zero-order chi connectivity index (χ0) is 25.7. The number of carbonyl (C=O) groups is 1. The van der Waals surface area contributed by atoms with Crippen LogP contribution in [0.5, 0.6) is 0 Å². The Morgan fingerprint density at radius 1 is 1.14 bits per heavy atom. The van der Waals surface area contributed by atoms with E-state index in [2.05, 4.69) is 28.1 Å². The summed E-state index contributed by atoms with van der Waals surface area (Å²) in [5, 5.41) is 0. The van der Waals surface area contributed by atoms with Crippen LogP contribution in [-0.2, 0) is 27.7 Å². The minimum atomic E-state index is -4.08. The molecule has 0 bridgehead atoms. The number of thiophene rings is 1. The Morgan fingerprint density at radius 2 is 1.89 bits per heavy atom. The number of aromatic nitrogens is 2. The molecule has 0 aliphatic carbocycles. The lowest BCUT2D eigenvalue weighted by atomic mass is 10.0. The van der Waals surface area contributed by atoms with E-state index in [0.717, 1.165) is 39.9 Å². The molecule has 0 fully saturated rings. The summed E-state index contributed by atoms with van der Waals surface area (Å²) >= 11 is 1.20. The van der Waals surface area contributed by atoms with Crippen LogP contribution in [0.25, 0.3) is 22.2 Å². The normalized spacial score (nSPS) is 11.8. The number of sulfonamides is 1. The summed E-state index contributed by atoms with van der Waals surface area (Å²) in [5.41, 5.74) is 4.44. The SMILES string of the molecule is CCCCOC(=O)NS(=O)(=O)c1sc(CC(C)C)cc1-c1ccc(Cn2cnc3ccccc32)cc1. The number of amides is 1. The Hall–Kier alpha value is -3.17. The summed E-state index contributed by atoms with van der Waals surface area (Å²) in [6.07, 6.45) is 3.15. The molecule has 190 valence electrons. The van der Waals surface area contributed by atoms with Gasteiger partial charge in [-0.3, -0.25) is 0 Å². The zero-order valence-corrected chi connectivity index (χ0v) is 22.4. The van der Waals surface area contributed by atoms with E-state index in [-0.39, 0.29) is 10.8 Å². The first-order valence-corrected chi connectivity index (χ1v) is 14.4. The van der Waals surface area contributed by atoms with Crippen molar-refractivity contribution in [1.82, 2.24) is 14.3 Å². The predicted molar refractivity (Wildman–Crippen MR) is 144 cm³/mol. The van der Waals surface area contributed by atoms with Gasteiger partial charge in [0.2, 0.25) is 0 Å². The van der Waals surface area contributed by atoms with E-state index in [4.69, 9.17) is 4.74 Å². The molecule has 0 saturated heterocycles. The highest BCUT2D eigenvalue weighted by Gasteiger charge is 2.26. The van der Waals surface area contributed by atoms with Crippen LogP contribution in [0, 0.1) is 5.92 Å². The molecule has 0 atom stereocenters. The molecule has 0 aliphatic heterocycles. The van der Waals surface area contributed by atoms with E-state index < -0.39 is 16.1 Å². The van der Waals surface area contributed by atoms with Crippen LogP contribution in [0.15, 0.2) is 65.1 Å². The molecule has 0 aliphatic rings. The highest BCUT2D eigenvalue weighted by atomic mass is 32.2. The summed E-state index contributed by atoms with van der Waals surface area (Å²) in [6, 6.07) is 17.7. The summed E-state index contributed by atoms with van der Waals surface area (Å²) in [4.78, 5) is 17.5. The molecular formula is C27H31N3O4S2. The molecule has 0 spiro atoms. The van der Waals surface area contributed by atoms with E-state index in [1.54, 1.807) is 0 Å². The fourth-order valence-electron chi connectivity index (χ4n) is 3.94. The molecule has 0 saturated carbocycles. The van der Waals surface area contributed by atoms with Crippen LogP contribution >= 0.6 is 11.3 Å². The number of hydrogen-bond acceptors (Lipinski definition) is 6. The highest BCUT2D eigenvalue weighted by Crippen LogP contribution is 2.36. The second-order valence-electron chi connectivity index (χ2n) is 9.16. The van der Waals surface area contributed by atoms with Gasteiger partial charge in [-0.15, -0.1) is 11.3 Å². The maximum atomic E-state index is 13.2. The highest BCUT2D eigenvalue weighted by molar-refractivity contribution is 7.92. The van der Waals surface area contributed by atoms with Gasteiger partial charge in [0, 0.05) is 17.0 Å². The molecule has 7 nitrogen and oxygen atoms in total. The quantitative estimate of drug-likeness (QED) is 0.248.